The Morgan fingerprint density at radius 1 is 1.47 bits per heavy atom. The minimum atomic E-state index is -0.964. The fourth-order valence-corrected chi connectivity index (χ4v) is 2.63. The van der Waals surface area contributed by atoms with E-state index in [1.807, 2.05) is 6.92 Å². The lowest BCUT2D eigenvalue weighted by Crippen LogP contribution is -2.18. The van der Waals surface area contributed by atoms with Crippen LogP contribution >= 0.6 is 11.3 Å². The van der Waals surface area contributed by atoms with Gasteiger partial charge in [0.25, 0.3) is 0 Å². The number of aromatic carboxylic acids is 1. The standard InChI is InChI=1S/C13H19NO4S/c1-3-5-9-8-10(12(19-9)13(16)17)18-7-4-6-11(15)14-2/h8H,3-7H2,1-2H3,(H,14,15)(H,16,17). The van der Waals surface area contributed by atoms with E-state index in [9.17, 15) is 9.59 Å². The van der Waals surface area contributed by atoms with Crippen LogP contribution in [0.1, 0.15) is 40.7 Å². The van der Waals surface area contributed by atoms with Gasteiger partial charge in [-0.05, 0) is 18.9 Å². The number of amides is 1. The minimum absolute atomic E-state index is 0.0425. The molecule has 0 fully saturated rings. The van der Waals surface area contributed by atoms with Gasteiger partial charge in [0.1, 0.15) is 5.75 Å². The smallest absolute Gasteiger partial charge is 0.349 e. The van der Waals surface area contributed by atoms with Crippen LogP contribution in [-0.4, -0.2) is 30.6 Å². The van der Waals surface area contributed by atoms with Crippen LogP contribution in [0, 0.1) is 0 Å². The van der Waals surface area contributed by atoms with Crippen LogP contribution in [0.4, 0.5) is 0 Å². The number of nitrogens with one attached hydrogen (secondary N) is 1. The zero-order chi connectivity index (χ0) is 14.3. The number of thiophene rings is 1. The number of aryl methyl sites for hydroxylation is 1. The van der Waals surface area contributed by atoms with Gasteiger partial charge in [0.15, 0.2) is 4.88 Å². The van der Waals surface area contributed by atoms with Gasteiger partial charge in [-0.1, -0.05) is 13.3 Å². The molecule has 1 aromatic rings. The molecule has 0 saturated carbocycles. The van der Waals surface area contributed by atoms with E-state index in [2.05, 4.69) is 5.32 Å². The van der Waals surface area contributed by atoms with Gasteiger partial charge in [-0.2, -0.15) is 0 Å². The number of ether oxygens (including phenoxy) is 1. The molecule has 0 spiro atoms. The summed E-state index contributed by atoms with van der Waals surface area (Å²) in [6.07, 6.45) is 2.77. The average molecular weight is 285 g/mol. The summed E-state index contributed by atoms with van der Waals surface area (Å²) >= 11 is 1.26. The number of carbonyl (C=O) groups is 2. The molecule has 0 radical (unpaired) electrons. The van der Waals surface area contributed by atoms with E-state index in [-0.39, 0.29) is 10.8 Å². The quantitative estimate of drug-likeness (QED) is 0.719. The second-order valence-corrected chi connectivity index (χ2v) is 5.22. The molecule has 0 atom stereocenters. The molecule has 2 N–H and O–H groups in total. The predicted octanol–water partition coefficient (Wildman–Crippen LogP) is 2.30. The van der Waals surface area contributed by atoms with Gasteiger partial charge in [-0.25, -0.2) is 4.79 Å². The summed E-state index contributed by atoms with van der Waals surface area (Å²) in [7, 11) is 1.58. The zero-order valence-electron chi connectivity index (χ0n) is 11.2. The average Bonchev–Trinajstić information content (AvgIpc) is 2.78. The molecule has 0 bridgehead atoms. The maximum Gasteiger partial charge on any atom is 0.349 e. The first kappa shape index (κ1) is 15.5. The first-order valence-corrected chi connectivity index (χ1v) is 7.09. The highest BCUT2D eigenvalue weighted by molar-refractivity contribution is 7.14. The van der Waals surface area contributed by atoms with Gasteiger partial charge in [0.05, 0.1) is 6.61 Å². The summed E-state index contributed by atoms with van der Waals surface area (Å²) < 4.78 is 5.47. The number of rotatable bonds is 8. The maximum absolute atomic E-state index is 11.1. The topological polar surface area (TPSA) is 75.6 Å². The van der Waals surface area contributed by atoms with Gasteiger partial charge >= 0.3 is 5.97 Å². The van der Waals surface area contributed by atoms with Crippen LogP contribution in [0.2, 0.25) is 0 Å². The molecule has 1 rings (SSSR count). The van der Waals surface area contributed by atoms with E-state index in [0.717, 1.165) is 17.7 Å². The van der Waals surface area contributed by atoms with Crippen molar-refractivity contribution >= 4 is 23.2 Å². The molecule has 0 aliphatic heterocycles. The zero-order valence-corrected chi connectivity index (χ0v) is 12.0. The van der Waals surface area contributed by atoms with Gasteiger partial charge in [0, 0.05) is 18.3 Å². The maximum atomic E-state index is 11.1. The lowest BCUT2D eigenvalue weighted by Gasteiger charge is -2.04. The lowest BCUT2D eigenvalue weighted by molar-refractivity contribution is -0.120. The first-order chi connectivity index (χ1) is 9.08. The van der Waals surface area contributed by atoms with Gasteiger partial charge < -0.3 is 15.2 Å². The molecule has 0 aromatic carbocycles. The monoisotopic (exact) mass is 285 g/mol. The molecule has 0 aliphatic carbocycles. The molecule has 5 nitrogen and oxygen atoms in total. The highest BCUT2D eigenvalue weighted by Gasteiger charge is 2.16. The van der Waals surface area contributed by atoms with Crippen LogP contribution in [0.5, 0.6) is 5.75 Å². The molecule has 1 amide bonds. The summed E-state index contributed by atoms with van der Waals surface area (Å²) in [5.74, 6) is -0.592. The Morgan fingerprint density at radius 2 is 2.21 bits per heavy atom. The molecule has 1 aromatic heterocycles. The SMILES string of the molecule is CCCc1cc(OCCCC(=O)NC)c(C(=O)O)s1. The van der Waals surface area contributed by atoms with Crippen molar-refractivity contribution in [3.63, 3.8) is 0 Å². The highest BCUT2D eigenvalue weighted by Crippen LogP contribution is 2.30. The Labute approximate surface area is 116 Å². The molecule has 1 heterocycles. The summed E-state index contributed by atoms with van der Waals surface area (Å²) in [6, 6.07) is 1.79. The number of carboxylic acid groups (broad SMARTS) is 1. The molecular formula is C13H19NO4S. The van der Waals surface area contributed by atoms with Crippen molar-refractivity contribution in [2.45, 2.75) is 32.6 Å². The van der Waals surface area contributed by atoms with Crippen molar-refractivity contribution in [3.05, 3.63) is 15.8 Å². The van der Waals surface area contributed by atoms with Crippen LogP contribution < -0.4 is 10.1 Å². The molecule has 0 saturated heterocycles. The van der Waals surface area contributed by atoms with Crippen molar-refractivity contribution in [3.8, 4) is 5.75 Å². The summed E-state index contributed by atoms with van der Waals surface area (Å²) in [4.78, 5) is 23.4. The molecule has 106 valence electrons. The number of hydrogen-bond acceptors (Lipinski definition) is 4. The lowest BCUT2D eigenvalue weighted by atomic mass is 10.3. The summed E-state index contributed by atoms with van der Waals surface area (Å²) in [5.41, 5.74) is 0. The van der Waals surface area contributed by atoms with Crippen LogP contribution in [0.3, 0.4) is 0 Å². The minimum Gasteiger partial charge on any atom is -0.492 e. The van der Waals surface area contributed by atoms with Crippen molar-refractivity contribution < 1.29 is 19.4 Å². The number of carboxylic acids is 1. The second-order valence-electron chi connectivity index (χ2n) is 4.09. The molecule has 0 aliphatic rings. The van der Waals surface area contributed by atoms with E-state index >= 15 is 0 Å². The Bertz CT molecular complexity index is 442. The fourth-order valence-electron chi connectivity index (χ4n) is 1.59. The largest absolute Gasteiger partial charge is 0.492 e. The summed E-state index contributed by atoms with van der Waals surface area (Å²) in [6.45, 7) is 2.39. The fraction of sp³-hybridized carbons (Fsp3) is 0.538. The number of carbonyl (C=O) groups excluding carboxylic acids is 1. The van der Waals surface area contributed by atoms with E-state index in [1.54, 1.807) is 13.1 Å². The third-order valence-electron chi connectivity index (χ3n) is 2.52. The predicted molar refractivity (Wildman–Crippen MR) is 74.1 cm³/mol. The Kier molecular flexibility index (Phi) is 6.35. The third kappa shape index (κ3) is 4.90. The van der Waals surface area contributed by atoms with Crippen molar-refractivity contribution in [2.75, 3.05) is 13.7 Å². The van der Waals surface area contributed by atoms with E-state index in [1.165, 1.54) is 11.3 Å². The number of hydrogen-bond donors (Lipinski definition) is 2. The molecular weight excluding hydrogens is 266 g/mol. The van der Waals surface area contributed by atoms with E-state index < -0.39 is 5.97 Å². The Hall–Kier alpha value is -1.56. The van der Waals surface area contributed by atoms with Crippen LogP contribution in [0.15, 0.2) is 6.07 Å². The van der Waals surface area contributed by atoms with E-state index in [0.29, 0.717) is 25.2 Å². The van der Waals surface area contributed by atoms with Gasteiger partial charge in [-0.15, -0.1) is 11.3 Å². The highest BCUT2D eigenvalue weighted by atomic mass is 32.1. The molecule has 19 heavy (non-hydrogen) atoms. The first-order valence-electron chi connectivity index (χ1n) is 6.27. The van der Waals surface area contributed by atoms with Gasteiger partial charge in [-0.3, -0.25) is 4.79 Å². The van der Waals surface area contributed by atoms with Gasteiger partial charge in [0.2, 0.25) is 5.91 Å². The second kappa shape index (κ2) is 7.78. The van der Waals surface area contributed by atoms with Crippen LogP contribution in [0.25, 0.3) is 0 Å². The van der Waals surface area contributed by atoms with Crippen LogP contribution in [-0.2, 0) is 11.2 Å². The van der Waals surface area contributed by atoms with Crippen molar-refractivity contribution in [1.82, 2.24) is 5.32 Å². The molecule has 6 heteroatoms. The summed E-state index contributed by atoms with van der Waals surface area (Å²) in [5, 5.41) is 11.6. The Balaban J connectivity index is 2.56. The van der Waals surface area contributed by atoms with E-state index in [4.69, 9.17) is 9.84 Å². The molecule has 0 unspecified atom stereocenters. The third-order valence-corrected chi connectivity index (χ3v) is 3.69. The van der Waals surface area contributed by atoms with Crippen molar-refractivity contribution in [2.24, 2.45) is 0 Å². The normalized spacial score (nSPS) is 10.2. The van der Waals surface area contributed by atoms with Crippen molar-refractivity contribution in [1.29, 1.82) is 0 Å². The Morgan fingerprint density at radius 3 is 2.79 bits per heavy atom.